The summed E-state index contributed by atoms with van der Waals surface area (Å²) in [5, 5.41) is 6.18. The van der Waals surface area contributed by atoms with Crippen LogP contribution >= 0.6 is 0 Å². The molecule has 2 N–H and O–H groups in total. The summed E-state index contributed by atoms with van der Waals surface area (Å²) < 4.78 is 10.4. The van der Waals surface area contributed by atoms with E-state index in [0.717, 1.165) is 25.9 Å². The highest BCUT2D eigenvalue weighted by molar-refractivity contribution is 5.94. The SMILES string of the molecule is COc1ccc(OC)c(NC(=O)C2CCNCC2)c1. The zero-order valence-electron chi connectivity index (χ0n) is 11.4. The number of amides is 1. The van der Waals surface area contributed by atoms with Crippen LogP contribution in [0.15, 0.2) is 18.2 Å². The number of benzene rings is 1. The molecule has 104 valence electrons. The quantitative estimate of drug-likeness (QED) is 0.868. The van der Waals surface area contributed by atoms with E-state index in [1.807, 2.05) is 0 Å². The number of carbonyl (C=O) groups is 1. The highest BCUT2D eigenvalue weighted by Gasteiger charge is 2.21. The van der Waals surface area contributed by atoms with E-state index < -0.39 is 0 Å². The fourth-order valence-corrected chi connectivity index (χ4v) is 2.23. The van der Waals surface area contributed by atoms with Crippen molar-refractivity contribution < 1.29 is 14.3 Å². The first-order valence-electron chi connectivity index (χ1n) is 6.48. The van der Waals surface area contributed by atoms with Gasteiger partial charge in [0, 0.05) is 12.0 Å². The van der Waals surface area contributed by atoms with Crippen LogP contribution in [0.2, 0.25) is 0 Å². The smallest absolute Gasteiger partial charge is 0.227 e. The van der Waals surface area contributed by atoms with E-state index in [1.54, 1.807) is 32.4 Å². The lowest BCUT2D eigenvalue weighted by molar-refractivity contribution is -0.120. The molecule has 1 aliphatic heterocycles. The molecule has 1 amide bonds. The van der Waals surface area contributed by atoms with Gasteiger partial charge in [0.2, 0.25) is 5.91 Å². The molecule has 1 saturated heterocycles. The predicted octanol–water partition coefficient (Wildman–Crippen LogP) is 1.64. The molecule has 0 aromatic heterocycles. The number of piperidine rings is 1. The van der Waals surface area contributed by atoms with Crippen LogP contribution in [0.5, 0.6) is 11.5 Å². The van der Waals surface area contributed by atoms with Crippen molar-refractivity contribution in [3.63, 3.8) is 0 Å². The van der Waals surface area contributed by atoms with Gasteiger partial charge < -0.3 is 20.1 Å². The lowest BCUT2D eigenvalue weighted by atomic mass is 9.97. The Morgan fingerprint density at radius 1 is 1.26 bits per heavy atom. The highest BCUT2D eigenvalue weighted by atomic mass is 16.5. The first-order valence-corrected chi connectivity index (χ1v) is 6.48. The fraction of sp³-hybridized carbons (Fsp3) is 0.500. The van der Waals surface area contributed by atoms with Crippen LogP contribution in [-0.2, 0) is 4.79 Å². The lowest BCUT2D eigenvalue weighted by Crippen LogP contribution is -2.34. The Bertz CT molecular complexity index is 442. The molecule has 0 saturated carbocycles. The topological polar surface area (TPSA) is 59.6 Å². The van der Waals surface area contributed by atoms with Crippen molar-refractivity contribution in [2.75, 3.05) is 32.6 Å². The minimum absolute atomic E-state index is 0.0491. The number of ether oxygens (including phenoxy) is 2. The van der Waals surface area contributed by atoms with E-state index in [2.05, 4.69) is 10.6 Å². The molecule has 1 heterocycles. The maximum absolute atomic E-state index is 12.2. The minimum Gasteiger partial charge on any atom is -0.497 e. The first kappa shape index (κ1) is 13.7. The Labute approximate surface area is 113 Å². The molecule has 5 heteroatoms. The zero-order valence-corrected chi connectivity index (χ0v) is 11.4. The monoisotopic (exact) mass is 264 g/mol. The Morgan fingerprint density at radius 3 is 2.63 bits per heavy atom. The standard InChI is InChI=1S/C14H20N2O3/c1-18-11-3-4-13(19-2)12(9-11)16-14(17)10-5-7-15-8-6-10/h3-4,9-10,15H,5-8H2,1-2H3,(H,16,17). The molecule has 2 rings (SSSR count). The molecule has 1 fully saturated rings. The summed E-state index contributed by atoms with van der Waals surface area (Å²) in [6.45, 7) is 1.79. The van der Waals surface area contributed by atoms with E-state index in [4.69, 9.17) is 9.47 Å². The maximum atomic E-state index is 12.2. The van der Waals surface area contributed by atoms with Crippen molar-refractivity contribution in [2.24, 2.45) is 5.92 Å². The van der Waals surface area contributed by atoms with Gasteiger partial charge in [0.25, 0.3) is 0 Å². The molecule has 1 aromatic rings. The number of nitrogens with one attached hydrogen (secondary N) is 2. The van der Waals surface area contributed by atoms with Crippen LogP contribution in [0.3, 0.4) is 0 Å². The lowest BCUT2D eigenvalue weighted by Gasteiger charge is -2.22. The Morgan fingerprint density at radius 2 is 2.00 bits per heavy atom. The van der Waals surface area contributed by atoms with E-state index in [-0.39, 0.29) is 11.8 Å². The molecule has 1 aliphatic rings. The predicted molar refractivity (Wildman–Crippen MR) is 73.8 cm³/mol. The molecule has 0 bridgehead atoms. The van der Waals surface area contributed by atoms with Crippen molar-refractivity contribution in [3.05, 3.63) is 18.2 Å². The summed E-state index contributed by atoms with van der Waals surface area (Å²) in [7, 11) is 3.18. The van der Waals surface area contributed by atoms with Crippen LogP contribution in [0.1, 0.15) is 12.8 Å². The normalized spacial score (nSPS) is 15.9. The van der Waals surface area contributed by atoms with Crippen LogP contribution in [0, 0.1) is 5.92 Å². The molecule has 0 spiro atoms. The van der Waals surface area contributed by atoms with Crippen molar-refractivity contribution in [1.82, 2.24) is 5.32 Å². The van der Waals surface area contributed by atoms with Gasteiger partial charge in [-0.25, -0.2) is 0 Å². The highest BCUT2D eigenvalue weighted by Crippen LogP contribution is 2.29. The number of hydrogen-bond acceptors (Lipinski definition) is 4. The molecular formula is C14H20N2O3. The summed E-state index contributed by atoms with van der Waals surface area (Å²) in [4.78, 5) is 12.2. The van der Waals surface area contributed by atoms with Gasteiger partial charge in [0.1, 0.15) is 11.5 Å². The summed E-state index contributed by atoms with van der Waals surface area (Å²) in [5.74, 6) is 1.45. The van der Waals surface area contributed by atoms with Crippen molar-refractivity contribution in [2.45, 2.75) is 12.8 Å². The van der Waals surface area contributed by atoms with Crippen LogP contribution < -0.4 is 20.1 Å². The van der Waals surface area contributed by atoms with Gasteiger partial charge in [-0.3, -0.25) is 4.79 Å². The summed E-state index contributed by atoms with van der Waals surface area (Å²) in [6.07, 6.45) is 1.75. The van der Waals surface area contributed by atoms with E-state index >= 15 is 0 Å². The molecule has 0 unspecified atom stereocenters. The van der Waals surface area contributed by atoms with E-state index in [0.29, 0.717) is 17.2 Å². The Kier molecular flexibility index (Phi) is 4.63. The number of methoxy groups -OCH3 is 2. The molecule has 0 aliphatic carbocycles. The molecule has 19 heavy (non-hydrogen) atoms. The summed E-state index contributed by atoms with van der Waals surface area (Å²) in [6, 6.07) is 5.37. The molecule has 1 aromatic carbocycles. The largest absolute Gasteiger partial charge is 0.497 e. The molecular weight excluding hydrogens is 244 g/mol. The molecule has 0 radical (unpaired) electrons. The van der Waals surface area contributed by atoms with Gasteiger partial charge in [0.05, 0.1) is 19.9 Å². The van der Waals surface area contributed by atoms with E-state index in [9.17, 15) is 4.79 Å². The maximum Gasteiger partial charge on any atom is 0.227 e. The average Bonchev–Trinajstić information content (AvgIpc) is 2.48. The molecule has 0 atom stereocenters. The summed E-state index contributed by atoms with van der Waals surface area (Å²) in [5.41, 5.74) is 0.658. The van der Waals surface area contributed by atoms with Gasteiger partial charge in [-0.2, -0.15) is 0 Å². The second-order valence-electron chi connectivity index (χ2n) is 4.58. The third-order valence-electron chi connectivity index (χ3n) is 3.37. The van der Waals surface area contributed by atoms with Crippen molar-refractivity contribution in [3.8, 4) is 11.5 Å². The van der Waals surface area contributed by atoms with Crippen LogP contribution in [0.4, 0.5) is 5.69 Å². The van der Waals surface area contributed by atoms with Gasteiger partial charge in [-0.15, -0.1) is 0 Å². The number of hydrogen-bond donors (Lipinski definition) is 2. The third-order valence-corrected chi connectivity index (χ3v) is 3.37. The van der Waals surface area contributed by atoms with Gasteiger partial charge in [-0.05, 0) is 38.1 Å². The fourth-order valence-electron chi connectivity index (χ4n) is 2.23. The number of anilines is 1. The van der Waals surface area contributed by atoms with Crippen LogP contribution in [0.25, 0.3) is 0 Å². The Balaban J connectivity index is 2.10. The van der Waals surface area contributed by atoms with Crippen molar-refractivity contribution in [1.29, 1.82) is 0 Å². The van der Waals surface area contributed by atoms with Gasteiger partial charge >= 0.3 is 0 Å². The van der Waals surface area contributed by atoms with Gasteiger partial charge in [0.15, 0.2) is 0 Å². The summed E-state index contributed by atoms with van der Waals surface area (Å²) >= 11 is 0. The minimum atomic E-state index is 0.0491. The van der Waals surface area contributed by atoms with Crippen molar-refractivity contribution >= 4 is 11.6 Å². The number of carbonyl (C=O) groups excluding carboxylic acids is 1. The van der Waals surface area contributed by atoms with E-state index in [1.165, 1.54) is 0 Å². The average molecular weight is 264 g/mol. The second kappa shape index (κ2) is 6.43. The van der Waals surface area contributed by atoms with Gasteiger partial charge in [-0.1, -0.05) is 0 Å². The second-order valence-corrected chi connectivity index (χ2v) is 4.58. The zero-order chi connectivity index (χ0) is 13.7. The Hall–Kier alpha value is -1.75. The number of rotatable bonds is 4. The third kappa shape index (κ3) is 3.38. The molecule has 5 nitrogen and oxygen atoms in total. The first-order chi connectivity index (χ1) is 9.24. The van der Waals surface area contributed by atoms with Crippen LogP contribution in [-0.4, -0.2) is 33.2 Å².